The Morgan fingerprint density at radius 3 is 2.87 bits per heavy atom. The van der Waals surface area contributed by atoms with E-state index in [4.69, 9.17) is 9.15 Å². The fourth-order valence-electron chi connectivity index (χ4n) is 1.91. The highest BCUT2D eigenvalue weighted by Crippen LogP contribution is 2.22. The zero-order valence-corrected chi connectivity index (χ0v) is 12.2. The zero-order chi connectivity index (χ0) is 16.8. The number of amides is 1. The molecular weight excluding hydrogens is 304 g/mol. The van der Waals surface area contributed by atoms with Crippen LogP contribution in [0.2, 0.25) is 0 Å². The third-order valence-corrected chi connectivity index (χ3v) is 3.04. The Morgan fingerprint density at radius 1 is 1.48 bits per heavy atom. The molecule has 0 aliphatic rings. The number of ether oxygens (including phenoxy) is 1. The summed E-state index contributed by atoms with van der Waals surface area (Å²) in [6.45, 7) is 1.42. The molecule has 2 aromatic rings. The second-order valence-corrected chi connectivity index (χ2v) is 4.69. The van der Waals surface area contributed by atoms with Gasteiger partial charge in [-0.15, -0.1) is 0 Å². The van der Waals surface area contributed by atoms with Gasteiger partial charge in [0.1, 0.15) is 11.5 Å². The molecule has 2 rings (SSSR count). The molecule has 0 fully saturated rings. The molecule has 1 heterocycles. The van der Waals surface area contributed by atoms with E-state index in [0.29, 0.717) is 12.0 Å². The largest absolute Gasteiger partial charge is 0.483 e. The first-order chi connectivity index (χ1) is 11.0. The summed E-state index contributed by atoms with van der Waals surface area (Å²) in [5.74, 6) is 0.290. The molecule has 1 aromatic carbocycles. The summed E-state index contributed by atoms with van der Waals surface area (Å²) in [4.78, 5) is 32.8. The van der Waals surface area contributed by atoms with E-state index in [1.165, 1.54) is 18.4 Å². The number of furan rings is 1. The third-order valence-electron chi connectivity index (χ3n) is 3.04. The molecule has 1 N–H and O–H groups in total. The molecule has 23 heavy (non-hydrogen) atoms. The van der Waals surface area contributed by atoms with Crippen molar-refractivity contribution in [1.82, 2.24) is 5.32 Å². The molecule has 0 saturated carbocycles. The topological polar surface area (TPSA) is 112 Å². The van der Waals surface area contributed by atoms with Crippen molar-refractivity contribution in [3.05, 3.63) is 58.0 Å². The van der Waals surface area contributed by atoms with Crippen molar-refractivity contribution in [2.75, 3.05) is 6.61 Å². The maximum atomic E-state index is 11.8. The van der Waals surface area contributed by atoms with Crippen molar-refractivity contribution in [2.24, 2.45) is 0 Å². The van der Waals surface area contributed by atoms with Crippen LogP contribution < -0.4 is 10.1 Å². The number of nitro benzene ring substituents is 1. The van der Waals surface area contributed by atoms with Gasteiger partial charge in [0.15, 0.2) is 12.9 Å². The smallest absolute Gasteiger partial charge is 0.270 e. The van der Waals surface area contributed by atoms with E-state index in [2.05, 4.69) is 5.32 Å². The summed E-state index contributed by atoms with van der Waals surface area (Å²) in [5, 5.41) is 13.3. The Bertz CT molecular complexity index is 711. The molecule has 8 nitrogen and oxygen atoms in total. The van der Waals surface area contributed by atoms with Crippen molar-refractivity contribution in [3.63, 3.8) is 0 Å². The number of hydrogen-bond donors (Lipinski definition) is 1. The van der Waals surface area contributed by atoms with Gasteiger partial charge in [0, 0.05) is 12.1 Å². The lowest BCUT2D eigenvalue weighted by molar-refractivity contribution is -0.384. The minimum absolute atomic E-state index is 0.00563. The van der Waals surface area contributed by atoms with Crippen LogP contribution in [-0.2, 0) is 4.79 Å². The molecule has 8 heteroatoms. The van der Waals surface area contributed by atoms with E-state index in [-0.39, 0.29) is 29.6 Å². The molecule has 0 spiro atoms. The molecule has 0 bridgehead atoms. The van der Waals surface area contributed by atoms with E-state index in [0.717, 1.165) is 6.07 Å². The maximum absolute atomic E-state index is 11.8. The first-order valence-electron chi connectivity index (χ1n) is 6.70. The summed E-state index contributed by atoms with van der Waals surface area (Å²) in [6, 6.07) is 6.68. The molecule has 1 atom stereocenters. The second kappa shape index (κ2) is 7.21. The number of aldehydes is 1. The fourth-order valence-corrected chi connectivity index (χ4v) is 1.91. The highest BCUT2D eigenvalue weighted by atomic mass is 16.6. The third kappa shape index (κ3) is 4.16. The first-order valence-corrected chi connectivity index (χ1v) is 6.70. The highest BCUT2D eigenvalue weighted by Gasteiger charge is 2.15. The van der Waals surface area contributed by atoms with Gasteiger partial charge in [0.05, 0.1) is 22.8 Å². The van der Waals surface area contributed by atoms with E-state index in [9.17, 15) is 19.7 Å². The van der Waals surface area contributed by atoms with Crippen LogP contribution in [0.4, 0.5) is 5.69 Å². The van der Waals surface area contributed by atoms with Crippen LogP contribution in [0.3, 0.4) is 0 Å². The zero-order valence-electron chi connectivity index (χ0n) is 12.2. The minimum Gasteiger partial charge on any atom is -0.483 e. The van der Waals surface area contributed by atoms with Crippen LogP contribution in [0, 0.1) is 10.1 Å². The van der Waals surface area contributed by atoms with Gasteiger partial charge < -0.3 is 14.5 Å². The number of carbonyl (C=O) groups excluding carboxylic acids is 2. The molecule has 0 saturated heterocycles. The van der Waals surface area contributed by atoms with Gasteiger partial charge in [0.2, 0.25) is 0 Å². The number of nitrogens with one attached hydrogen (secondary N) is 1. The number of non-ortho nitro benzene ring substituents is 1. The van der Waals surface area contributed by atoms with Crippen molar-refractivity contribution in [3.8, 4) is 5.75 Å². The number of carbonyl (C=O) groups is 2. The van der Waals surface area contributed by atoms with Crippen LogP contribution in [-0.4, -0.2) is 23.7 Å². The number of rotatable bonds is 7. The molecule has 120 valence electrons. The lowest BCUT2D eigenvalue weighted by Gasteiger charge is -2.12. The van der Waals surface area contributed by atoms with Crippen molar-refractivity contribution >= 4 is 17.9 Å². The molecule has 1 aromatic heterocycles. The van der Waals surface area contributed by atoms with Crippen LogP contribution in [0.5, 0.6) is 5.75 Å². The Labute approximate surface area is 131 Å². The monoisotopic (exact) mass is 318 g/mol. The number of nitro groups is 1. The summed E-state index contributed by atoms with van der Waals surface area (Å²) in [5.41, 5.74) is -0.221. The Hall–Kier alpha value is -3.16. The molecule has 0 aliphatic heterocycles. The second-order valence-electron chi connectivity index (χ2n) is 4.69. The van der Waals surface area contributed by atoms with E-state index >= 15 is 0 Å². The lowest BCUT2D eigenvalue weighted by Crippen LogP contribution is -2.31. The first kappa shape index (κ1) is 16.2. The van der Waals surface area contributed by atoms with E-state index in [1.807, 2.05) is 0 Å². The van der Waals surface area contributed by atoms with E-state index in [1.54, 1.807) is 19.1 Å². The van der Waals surface area contributed by atoms with Crippen LogP contribution >= 0.6 is 0 Å². The normalized spacial score (nSPS) is 11.5. The van der Waals surface area contributed by atoms with Gasteiger partial charge in [-0.3, -0.25) is 19.7 Å². The lowest BCUT2D eigenvalue weighted by atomic mass is 10.2. The molecule has 0 radical (unpaired) electrons. The predicted octanol–water partition coefficient (Wildman–Crippen LogP) is 2.26. The van der Waals surface area contributed by atoms with Crippen LogP contribution in [0.25, 0.3) is 0 Å². The average Bonchev–Trinajstić information content (AvgIpc) is 3.07. The van der Waals surface area contributed by atoms with Gasteiger partial charge in [-0.2, -0.15) is 0 Å². The highest BCUT2D eigenvalue weighted by molar-refractivity contribution is 5.82. The maximum Gasteiger partial charge on any atom is 0.270 e. The quantitative estimate of drug-likeness (QED) is 0.476. The average molecular weight is 318 g/mol. The Morgan fingerprint density at radius 2 is 2.26 bits per heavy atom. The number of hydrogen-bond acceptors (Lipinski definition) is 6. The predicted molar refractivity (Wildman–Crippen MR) is 79.2 cm³/mol. The summed E-state index contributed by atoms with van der Waals surface area (Å²) >= 11 is 0. The van der Waals surface area contributed by atoms with Gasteiger partial charge in [-0.1, -0.05) is 0 Å². The Balaban J connectivity index is 1.96. The van der Waals surface area contributed by atoms with Crippen LogP contribution in [0.15, 0.2) is 41.0 Å². The van der Waals surface area contributed by atoms with Gasteiger partial charge in [-0.25, -0.2) is 0 Å². The number of nitrogens with zero attached hydrogens (tertiary/aromatic N) is 1. The molecular formula is C15H14N2O6. The van der Waals surface area contributed by atoms with Gasteiger partial charge in [0.25, 0.3) is 11.6 Å². The summed E-state index contributed by atoms with van der Waals surface area (Å²) in [6.07, 6.45) is 1.94. The summed E-state index contributed by atoms with van der Waals surface area (Å²) in [7, 11) is 0. The summed E-state index contributed by atoms with van der Waals surface area (Å²) < 4.78 is 10.4. The van der Waals surface area contributed by atoms with Crippen molar-refractivity contribution < 1.29 is 23.7 Å². The minimum atomic E-state index is -0.617. The fraction of sp³-hybridized carbons (Fsp3) is 0.200. The number of benzene rings is 1. The Kier molecular flexibility index (Phi) is 5.08. The van der Waals surface area contributed by atoms with Gasteiger partial charge in [-0.05, 0) is 25.1 Å². The van der Waals surface area contributed by atoms with E-state index < -0.39 is 10.8 Å². The molecule has 1 amide bonds. The van der Waals surface area contributed by atoms with Crippen molar-refractivity contribution in [2.45, 2.75) is 13.0 Å². The van der Waals surface area contributed by atoms with Crippen molar-refractivity contribution in [1.29, 1.82) is 0 Å². The standard InChI is InChI=1S/C15H14N2O6/c1-10(13-3-2-6-22-13)16-15(19)9-23-14-5-4-12(17(20)21)7-11(14)8-18/h2-8,10H,9H2,1H3,(H,16,19). The SMILES string of the molecule is CC(NC(=O)COc1ccc([N+](=O)[O-])cc1C=O)c1ccco1. The van der Waals surface area contributed by atoms with Gasteiger partial charge >= 0.3 is 0 Å². The molecule has 0 aliphatic carbocycles. The van der Waals surface area contributed by atoms with Crippen LogP contribution in [0.1, 0.15) is 29.1 Å². The molecule has 1 unspecified atom stereocenters.